The zero-order valence-corrected chi connectivity index (χ0v) is 19.2. The summed E-state index contributed by atoms with van der Waals surface area (Å²) in [6.45, 7) is 5.29. The van der Waals surface area contributed by atoms with Gasteiger partial charge in [0.25, 0.3) is 5.91 Å². The van der Waals surface area contributed by atoms with E-state index in [0.29, 0.717) is 11.1 Å². The molecule has 9 heteroatoms. The molecule has 0 aliphatic rings. The van der Waals surface area contributed by atoms with Gasteiger partial charge in [0.1, 0.15) is 11.6 Å². The number of para-hydroxylation sites is 2. The predicted octanol–water partition coefficient (Wildman–Crippen LogP) is 3.70. The number of rotatable bonds is 6. The summed E-state index contributed by atoms with van der Waals surface area (Å²) in [7, 11) is 0. The van der Waals surface area contributed by atoms with E-state index in [0.717, 1.165) is 22.0 Å². The van der Waals surface area contributed by atoms with Gasteiger partial charge in [0.05, 0.1) is 17.2 Å². The molecule has 0 spiro atoms. The number of amides is 2. The molecule has 2 aromatic carbocycles. The van der Waals surface area contributed by atoms with Gasteiger partial charge in [-0.15, -0.1) is 0 Å². The Kier molecular flexibility index (Phi) is 6.53. The van der Waals surface area contributed by atoms with E-state index in [2.05, 4.69) is 30.8 Å². The number of aromatic amines is 1. The third kappa shape index (κ3) is 5.55. The number of carbonyl (C=O) groups excluding carboxylic acids is 2. The first-order chi connectivity index (χ1) is 16.3. The van der Waals surface area contributed by atoms with Crippen molar-refractivity contribution in [3.05, 3.63) is 72.2 Å². The molecule has 0 radical (unpaired) electrons. The monoisotopic (exact) mass is 458 g/mol. The fourth-order valence-corrected chi connectivity index (χ4v) is 3.54. The molecule has 0 aliphatic heterocycles. The zero-order chi connectivity index (χ0) is 24.1. The third-order valence-electron chi connectivity index (χ3n) is 5.01. The van der Waals surface area contributed by atoms with Gasteiger partial charge in [0.2, 0.25) is 0 Å². The second-order valence-electron chi connectivity index (χ2n) is 8.77. The maximum Gasteiger partial charge on any atom is 0.408 e. The molecule has 0 saturated carbocycles. The van der Waals surface area contributed by atoms with Crippen LogP contribution in [0, 0.1) is 0 Å². The highest BCUT2D eigenvalue weighted by Crippen LogP contribution is 2.19. The Bertz CT molecular complexity index is 1350. The van der Waals surface area contributed by atoms with Gasteiger partial charge in [0.15, 0.2) is 0 Å². The molecule has 0 fully saturated rings. The highest BCUT2D eigenvalue weighted by molar-refractivity contribution is 5.96. The highest BCUT2D eigenvalue weighted by atomic mass is 16.6. The molecule has 4 aromatic rings. The van der Waals surface area contributed by atoms with Crippen LogP contribution in [0.5, 0.6) is 0 Å². The van der Waals surface area contributed by atoms with E-state index in [4.69, 9.17) is 4.74 Å². The van der Waals surface area contributed by atoms with Gasteiger partial charge in [-0.25, -0.2) is 10.2 Å². The molecular formula is C25H26N6O3. The Morgan fingerprint density at radius 3 is 2.74 bits per heavy atom. The van der Waals surface area contributed by atoms with E-state index in [1.54, 1.807) is 33.2 Å². The van der Waals surface area contributed by atoms with Gasteiger partial charge in [-0.1, -0.05) is 30.3 Å². The van der Waals surface area contributed by atoms with E-state index in [1.807, 2.05) is 48.7 Å². The number of nitrogens with zero attached hydrogens (tertiary/aromatic N) is 3. The first-order valence-corrected chi connectivity index (χ1v) is 10.9. The third-order valence-corrected chi connectivity index (χ3v) is 5.01. The minimum absolute atomic E-state index is 0.254. The standard InChI is InChI=1S/C25H26N6O3/c1-25(2,3)34-24(33)30-21(13-17-14-28-19-9-5-4-8-18(17)19)23(32)31-29-15-16-7-6-10-20-22(16)27-12-11-26-20/h4-12,14-15,21,28H,13H2,1-3H3,(H,30,33)(H,31,32). The fourth-order valence-electron chi connectivity index (χ4n) is 3.54. The lowest BCUT2D eigenvalue weighted by Crippen LogP contribution is -2.48. The van der Waals surface area contributed by atoms with Gasteiger partial charge < -0.3 is 15.0 Å². The Balaban J connectivity index is 1.52. The van der Waals surface area contributed by atoms with Gasteiger partial charge in [0, 0.05) is 41.5 Å². The molecule has 0 aliphatic carbocycles. The van der Waals surface area contributed by atoms with Crippen LogP contribution in [0.2, 0.25) is 0 Å². The average molecular weight is 459 g/mol. The maximum atomic E-state index is 13.0. The van der Waals surface area contributed by atoms with Crippen molar-refractivity contribution in [3.63, 3.8) is 0 Å². The zero-order valence-electron chi connectivity index (χ0n) is 19.2. The van der Waals surface area contributed by atoms with Gasteiger partial charge in [-0.3, -0.25) is 14.8 Å². The molecule has 174 valence electrons. The van der Waals surface area contributed by atoms with Gasteiger partial charge in [-0.05, 0) is 38.5 Å². The molecule has 4 rings (SSSR count). The largest absolute Gasteiger partial charge is 0.444 e. The molecule has 34 heavy (non-hydrogen) atoms. The quantitative estimate of drug-likeness (QED) is 0.300. The smallest absolute Gasteiger partial charge is 0.408 e. The van der Waals surface area contributed by atoms with Crippen molar-refractivity contribution >= 4 is 40.2 Å². The lowest BCUT2D eigenvalue weighted by atomic mass is 10.0. The van der Waals surface area contributed by atoms with Crippen molar-refractivity contribution in [2.75, 3.05) is 0 Å². The van der Waals surface area contributed by atoms with Crippen molar-refractivity contribution in [1.29, 1.82) is 0 Å². The molecule has 2 heterocycles. The Morgan fingerprint density at radius 2 is 1.91 bits per heavy atom. The molecule has 1 atom stereocenters. The molecule has 9 nitrogen and oxygen atoms in total. The van der Waals surface area contributed by atoms with Crippen LogP contribution in [0.25, 0.3) is 21.9 Å². The average Bonchev–Trinajstić information content (AvgIpc) is 3.20. The lowest BCUT2D eigenvalue weighted by Gasteiger charge is -2.22. The summed E-state index contributed by atoms with van der Waals surface area (Å²) in [5.74, 6) is -0.473. The summed E-state index contributed by atoms with van der Waals surface area (Å²) < 4.78 is 5.36. The van der Waals surface area contributed by atoms with Crippen LogP contribution < -0.4 is 10.7 Å². The van der Waals surface area contributed by atoms with Crippen LogP contribution in [0.1, 0.15) is 31.9 Å². The number of carbonyl (C=O) groups is 2. The number of aromatic nitrogens is 3. The molecule has 0 bridgehead atoms. The van der Waals surface area contributed by atoms with Crippen LogP contribution in [-0.2, 0) is 16.0 Å². The molecular weight excluding hydrogens is 432 g/mol. The van der Waals surface area contributed by atoms with Gasteiger partial charge >= 0.3 is 6.09 Å². The Labute approximate surface area is 196 Å². The number of H-pyrrole nitrogens is 1. The Morgan fingerprint density at radius 1 is 1.12 bits per heavy atom. The van der Waals surface area contributed by atoms with E-state index < -0.39 is 23.6 Å². The van der Waals surface area contributed by atoms with Crippen molar-refractivity contribution < 1.29 is 14.3 Å². The van der Waals surface area contributed by atoms with Crippen molar-refractivity contribution in [2.24, 2.45) is 5.10 Å². The molecule has 1 unspecified atom stereocenters. The molecule has 3 N–H and O–H groups in total. The van der Waals surface area contributed by atoms with Crippen molar-refractivity contribution in [2.45, 2.75) is 38.8 Å². The predicted molar refractivity (Wildman–Crippen MR) is 130 cm³/mol. The summed E-state index contributed by atoms with van der Waals surface area (Å²) in [5.41, 5.74) is 5.77. The second-order valence-corrected chi connectivity index (χ2v) is 8.77. The number of fused-ring (bicyclic) bond motifs is 2. The molecule has 2 amide bonds. The molecule has 2 aromatic heterocycles. The van der Waals surface area contributed by atoms with Crippen molar-refractivity contribution in [1.82, 2.24) is 25.7 Å². The van der Waals surface area contributed by atoms with E-state index >= 15 is 0 Å². The van der Waals surface area contributed by atoms with Gasteiger partial charge in [-0.2, -0.15) is 5.10 Å². The lowest BCUT2D eigenvalue weighted by molar-refractivity contribution is -0.123. The minimum Gasteiger partial charge on any atom is -0.444 e. The summed E-state index contributed by atoms with van der Waals surface area (Å²) in [4.78, 5) is 37.2. The number of hydrogen-bond acceptors (Lipinski definition) is 6. The van der Waals surface area contributed by atoms with Crippen molar-refractivity contribution in [3.8, 4) is 0 Å². The number of ether oxygens (including phenoxy) is 1. The minimum atomic E-state index is -0.904. The molecule has 0 saturated heterocycles. The second kappa shape index (κ2) is 9.70. The number of nitrogens with one attached hydrogen (secondary N) is 3. The summed E-state index contributed by atoms with van der Waals surface area (Å²) >= 11 is 0. The first kappa shape index (κ1) is 22.9. The first-order valence-electron chi connectivity index (χ1n) is 10.9. The van der Waals surface area contributed by atoms with Crippen LogP contribution in [0.15, 0.2) is 66.2 Å². The number of benzene rings is 2. The van der Waals surface area contributed by atoms with Crippen LogP contribution >= 0.6 is 0 Å². The van der Waals surface area contributed by atoms with E-state index in [9.17, 15) is 9.59 Å². The van der Waals surface area contributed by atoms with Crippen LogP contribution in [-0.4, -0.2) is 44.8 Å². The van der Waals surface area contributed by atoms with E-state index in [-0.39, 0.29) is 6.42 Å². The number of hydrogen-bond donors (Lipinski definition) is 3. The highest BCUT2D eigenvalue weighted by Gasteiger charge is 2.25. The van der Waals surface area contributed by atoms with Crippen LogP contribution in [0.4, 0.5) is 4.79 Å². The number of alkyl carbamates (subject to hydrolysis) is 1. The normalized spacial score (nSPS) is 12.7. The maximum absolute atomic E-state index is 13.0. The number of hydrazone groups is 1. The van der Waals surface area contributed by atoms with Crippen LogP contribution in [0.3, 0.4) is 0 Å². The summed E-state index contributed by atoms with van der Waals surface area (Å²) in [6.07, 6.45) is 6.12. The topological polar surface area (TPSA) is 121 Å². The summed E-state index contributed by atoms with van der Waals surface area (Å²) in [5, 5.41) is 7.74. The summed E-state index contributed by atoms with van der Waals surface area (Å²) in [6, 6.07) is 12.4. The Hall–Kier alpha value is -4.27. The SMILES string of the molecule is CC(C)(C)OC(=O)NC(Cc1c[nH]c2ccccc12)C(=O)NN=Cc1cccc2nccnc12. The fraction of sp³-hybridized carbons (Fsp3) is 0.240. The van der Waals surface area contributed by atoms with E-state index in [1.165, 1.54) is 6.21 Å².